The summed E-state index contributed by atoms with van der Waals surface area (Å²) >= 11 is 0. The Labute approximate surface area is 119 Å². The molecule has 8 heteroatoms. The first-order valence-corrected chi connectivity index (χ1v) is 6.40. The minimum absolute atomic E-state index is 0.365. The van der Waals surface area contributed by atoms with Crippen molar-refractivity contribution < 1.29 is 27.8 Å². The van der Waals surface area contributed by atoms with Crippen molar-refractivity contribution in [3.63, 3.8) is 0 Å². The third kappa shape index (κ3) is 4.33. The van der Waals surface area contributed by atoms with E-state index in [-0.39, 0.29) is 5.75 Å². The molecule has 1 fully saturated rings. The molecule has 21 heavy (non-hydrogen) atoms. The smallest absolute Gasteiger partial charge is 0.480 e. The lowest BCUT2D eigenvalue weighted by atomic mass is 10.0. The van der Waals surface area contributed by atoms with Gasteiger partial charge >= 0.3 is 12.3 Å². The van der Waals surface area contributed by atoms with Crippen molar-refractivity contribution in [2.24, 2.45) is 0 Å². The molecule has 0 aliphatic carbocycles. The highest BCUT2D eigenvalue weighted by atomic mass is 19.4. The molecule has 1 aliphatic rings. The summed E-state index contributed by atoms with van der Waals surface area (Å²) < 4.78 is 40.0. The van der Waals surface area contributed by atoms with Gasteiger partial charge in [0.1, 0.15) is 11.8 Å². The maximum Gasteiger partial charge on any atom is 0.573 e. The van der Waals surface area contributed by atoms with Gasteiger partial charge in [-0.25, -0.2) is 0 Å². The Balaban J connectivity index is 2.15. The predicted molar refractivity (Wildman–Crippen MR) is 67.9 cm³/mol. The fraction of sp³-hybridized carbons (Fsp3) is 0.462. The Bertz CT molecular complexity index is 484. The van der Waals surface area contributed by atoms with Crippen molar-refractivity contribution in [2.75, 3.05) is 26.2 Å². The van der Waals surface area contributed by atoms with E-state index in [1.54, 1.807) is 4.90 Å². The van der Waals surface area contributed by atoms with Crippen LogP contribution >= 0.6 is 0 Å². The maximum absolute atomic E-state index is 12.1. The Kier molecular flexibility index (Phi) is 4.69. The summed E-state index contributed by atoms with van der Waals surface area (Å²) in [5.74, 6) is -1.39. The van der Waals surface area contributed by atoms with E-state index in [1.807, 2.05) is 0 Å². The average Bonchev–Trinajstić information content (AvgIpc) is 2.40. The molecule has 2 rings (SSSR count). The molecule has 0 radical (unpaired) electrons. The molecular weight excluding hydrogens is 289 g/mol. The second kappa shape index (κ2) is 6.31. The van der Waals surface area contributed by atoms with Gasteiger partial charge in [-0.15, -0.1) is 13.2 Å². The molecule has 0 bridgehead atoms. The molecule has 1 heterocycles. The van der Waals surface area contributed by atoms with E-state index in [1.165, 1.54) is 12.1 Å². The number of alkyl halides is 3. The predicted octanol–water partition coefficient (Wildman–Crippen LogP) is 1.62. The molecular formula is C13H15F3N2O3. The molecule has 116 valence electrons. The highest BCUT2D eigenvalue weighted by molar-refractivity contribution is 5.75. The van der Waals surface area contributed by atoms with Gasteiger partial charge in [0.25, 0.3) is 0 Å². The van der Waals surface area contributed by atoms with Gasteiger partial charge in [0.15, 0.2) is 0 Å². The van der Waals surface area contributed by atoms with Crippen LogP contribution in [0.1, 0.15) is 11.6 Å². The monoisotopic (exact) mass is 304 g/mol. The van der Waals surface area contributed by atoms with E-state index in [4.69, 9.17) is 0 Å². The molecule has 5 nitrogen and oxygen atoms in total. The first kappa shape index (κ1) is 15.6. The number of halogens is 3. The minimum Gasteiger partial charge on any atom is -0.480 e. The molecule has 2 N–H and O–H groups in total. The number of nitrogens with zero attached hydrogens (tertiary/aromatic N) is 1. The number of piperazine rings is 1. The zero-order chi connectivity index (χ0) is 15.5. The van der Waals surface area contributed by atoms with E-state index >= 15 is 0 Å². The lowest BCUT2D eigenvalue weighted by molar-refractivity contribution is -0.274. The van der Waals surface area contributed by atoms with Gasteiger partial charge in [-0.1, -0.05) is 12.1 Å². The third-order valence-corrected chi connectivity index (χ3v) is 3.18. The Morgan fingerprint density at radius 1 is 1.24 bits per heavy atom. The van der Waals surface area contributed by atoms with E-state index in [9.17, 15) is 23.1 Å². The molecule has 1 saturated heterocycles. The summed E-state index contributed by atoms with van der Waals surface area (Å²) in [6, 6.07) is 4.08. The quantitative estimate of drug-likeness (QED) is 0.885. The number of nitrogens with one attached hydrogen (secondary N) is 1. The van der Waals surface area contributed by atoms with Gasteiger partial charge in [-0.2, -0.15) is 0 Å². The highest BCUT2D eigenvalue weighted by Crippen LogP contribution is 2.27. The Hall–Kier alpha value is -1.80. The number of hydrogen-bond donors (Lipinski definition) is 2. The van der Waals surface area contributed by atoms with Crippen molar-refractivity contribution in [3.8, 4) is 5.75 Å². The van der Waals surface area contributed by atoms with Crippen LogP contribution < -0.4 is 10.1 Å². The van der Waals surface area contributed by atoms with E-state index in [0.717, 1.165) is 12.1 Å². The summed E-state index contributed by atoms with van der Waals surface area (Å²) in [4.78, 5) is 13.2. The molecule has 1 unspecified atom stereocenters. The molecule has 1 atom stereocenters. The number of rotatable bonds is 4. The topological polar surface area (TPSA) is 61.8 Å². The molecule has 1 aliphatic heterocycles. The standard InChI is InChI=1S/C13H15F3N2O3/c14-13(15,16)21-10-3-1-9(2-4-10)11(12(19)20)18-7-5-17-6-8-18/h1-4,11,17H,5-8H2,(H,19,20). The Morgan fingerprint density at radius 2 is 1.81 bits per heavy atom. The van der Waals surface area contributed by atoms with Crippen LogP contribution in [0.25, 0.3) is 0 Å². The van der Waals surface area contributed by atoms with E-state index in [2.05, 4.69) is 10.1 Å². The van der Waals surface area contributed by atoms with Crippen molar-refractivity contribution in [2.45, 2.75) is 12.4 Å². The largest absolute Gasteiger partial charge is 0.573 e. The van der Waals surface area contributed by atoms with Crippen LogP contribution in [0.15, 0.2) is 24.3 Å². The van der Waals surface area contributed by atoms with Crippen molar-refractivity contribution in [1.82, 2.24) is 10.2 Å². The third-order valence-electron chi connectivity index (χ3n) is 3.18. The second-order valence-corrected chi connectivity index (χ2v) is 4.64. The maximum atomic E-state index is 12.1. The number of carbonyl (C=O) groups is 1. The van der Waals surface area contributed by atoms with Gasteiger partial charge < -0.3 is 15.2 Å². The van der Waals surface area contributed by atoms with Crippen LogP contribution in [-0.2, 0) is 4.79 Å². The molecule has 0 aromatic heterocycles. The summed E-state index contributed by atoms with van der Waals surface area (Å²) in [7, 11) is 0. The number of carboxylic acids is 1. The highest BCUT2D eigenvalue weighted by Gasteiger charge is 2.32. The SMILES string of the molecule is O=C(O)C(c1ccc(OC(F)(F)F)cc1)N1CCNCC1. The summed E-state index contributed by atoms with van der Waals surface area (Å²) in [6.45, 7) is 2.49. The first-order valence-electron chi connectivity index (χ1n) is 6.40. The van der Waals surface area contributed by atoms with Gasteiger partial charge in [-0.3, -0.25) is 9.69 Å². The average molecular weight is 304 g/mol. The van der Waals surface area contributed by atoms with Crippen molar-refractivity contribution in [1.29, 1.82) is 0 Å². The summed E-state index contributed by atoms with van der Waals surface area (Å²) in [5, 5.41) is 12.5. The Morgan fingerprint density at radius 3 is 2.29 bits per heavy atom. The number of hydrogen-bond acceptors (Lipinski definition) is 4. The molecule has 0 spiro atoms. The molecule has 0 amide bonds. The fourth-order valence-corrected chi connectivity index (χ4v) is 2.30. The van der Waals surface area contributed by atoms with Gasteiger partial charge in [-0.05, 0) is 17.7 Å². The lowest BCUT2D eigenvalue weighted by Gasteiger charge is -2.32. The number of aliphatic carboxylic acids is 1. The van der Waals surface area contributed by atoms with Crippen molar-refractivity contribution in [3.05, 3.63) is 29.8 Å². The zero-order valence-corrected chi connectivity index (χ0v) is 11.1. The van der Waals surface area contributed by atoms with E-state index < -0.39 is 18.4 Å². The van der Waals surface area contributed by atoms with Crippen LogP contribution in [0.5, 0.6) is 5.75 Å². The van der Waals surface area contributed by atoms with E-state index in [0.29, 0.717) is 31.7 Å². The van der Waals surface area contributed by atoms with Crippen LogP contribution in [0.4, 0.5) is 13.2 Å². The number of ether oxygens (including phenoxy) is 1. The number of carboxylic acid groups (broad SMARTS) is 1. The van der Waals surface area contributed by atoms with Crippen LogP contribution in [0.3, 0.4) is 0 Å². The molecule has 1 aromatic rings. The van der Waals surface area contributed by atoms with Crippen LogP contribution in [-0.4, -0.2) is 48.5 Å². The lowest BCUT2D eigenvalue weighted by Crippen LogP contribution is -2.47. The normalized spacial score (nSPS) is 18.2. The summed E-state index contributed by atoms with van der Waals surface area (Å²) in [5.41, 5.74) is 0.430. The number of benzene rings is 1. The molecule has 0 saturated carbocycles. The van der Waals surface area contributed by atoms with Crippen LogP contribution in [0, 0.1) is 0 Å². The second-order valence-electron chi connectivity index (χ2n) is 4.64. The van der Waals surface area contributed by atoms with Gasteiger partial charge in [0, 0.05) is 26.2 Å². The first-order chi connectivity index (χ1) is 9.87. The zero-order valence-electron chi connectivity index (χ0n) is 11.1. The van der Waals surface area contributed by atoms with Crippen molar-refractivity contribution >= 4 is 5.97 Å². The van der Waals surface area contributed by atoms with Crippen LogP contribution in [0.2, 0.25) is 0 Å². The molecule has 1 aromatic carbocycles. The fourth-order valence-electron chi connectivity index (χ4n) is 2.30. The van der Waals surface area contributed by atoms with Gasteiger partial charge in [0.05, 0.1) is 0 Å². The van der Waals surface area contributed by atoms with Gasteiger partial charge in [0.2, 0.25) is 0 Å². The summed E-state index contributed by atoms with van der Waals surface area (Å²) in [6.07, 6.45) is -4.76. The minimum atomic E-state index is -4.76.